The first-order chi connectivity index (χ1) is 4.74. The highest BCUT2D eigenvalue weighted by molar-refractivity contribution is 5.55. The van der Waals surface area contributed by atoms with Crippen molar-refractivity contribution >= 4 is 11.4 Å². The number of nitrogens with two attached hydrogens (primary N) is 1. The van der Waals surface area contributed by atoms with Crippen LogP contribution in [0.4, 0.5) is 11.4 Å². The topological polar surface area (TPSA) is 58.3 Å². The summed E-state index contributed by atoms with van der Waals surface area (Å²) >= 11 is 0. The molecule has 0 aliphatic rings. The van der Waals surface area contributed by atoms with E-state index in [9.17, 15) is 0 Å². The van der Waals surface area contributed by atoms with Crippen LogP contribution in [-0.4, -0.2) is 5.21 Å². The molecule has 0 aromatic heterocycles. The number of hydrogen-bond donors (Lipinski definition) is 3. The van der Waals surface area contributed by atoms with Gasteiger partial charge in [-0.05, 0) is 30.7 Å². The molecule has 3 heteroatoms. The average molecular weight is 138 g/mol. The van der Waals surface area contributed by atoms with Crippen molar-refractivity contribution in [2.45, 2.75) is 6.92 Å². The SMILES string of the molecule is Cc1cc(NO)ccc1N. The Bertz CT molecular complexity index is 235. The van der Waals surface area contributed by atoms with Crippen LogP contribution >= 0.6 is 0 Å². The fraction of sp³-hybridized carbons (Fsp3) is 0.143. The number of nitrogen functional groups attached to an aromatic ring is 1. The highest BCUT2D eigenvalue weighted by atomic mass is 16.5. The third-order valence-corrected chi connectivity index (χ3v) is 1.40. The lowest BCUT2D eigenvalue weighted by atomic mass is 10.2. The summed E-state index contributed by atoms with van der Waals surface area (Å²) in [6, 6.07) is 5.23. The van der Waals surface area contributed by atoms with E-state index in [0.29, 0.717) is 5.69 Å². The van der Waals surface area contributed by atoms with Crippen molar-refractivity contribution in [1.29, 1.82) is 0 Å². The monoisotopic (exact) mass is 138 g/mol. The van der Waals surface area contributed by atoms with Crippen LogP contribution < -0.4 is 11.2 Å². The third-order valence-electron chi connectivity index (χ3n) is 1.40. The molecule has 1 aromatic carbocycles. The van der Waals surface area contributed by atoms with Crippen molar-refractivity contribution in [2.75, 3.05) is 11.2 Å². The van der Waals surface area contributed by atoms with Gasteiger partial charge in [-0.15, -0.1) is 0 Å². The molecule has 0 unspecified atom stereocenters. The molecule has 0 amide bonds. The van der Waals surface area contributed by atoms with Crippen molar-refractivity contribution in [2.24, 2.45) is 0 Å². The van der Waals surface area contributed by atoms with Crippen LogP contribution in [0.2, 0.25) is 0 Å². The first-order valence-corrected chi connectivity index (χ1v) is 3.00. The number of aryl methyl sites for hydroxylation is 1. The lowest BCUT2D eigenvalue weighted by molar-refractivity contribution is 0.389. The summed E-state index contributed by atoms with van der Waals surface area (Å²) in [5.41, 5.74) is 9.93. The number of anilines is 2. The molecule has 0 aliphatic carbocycles. The number of rotatable bonds is 1. The molecule has 4 N–H and O–H groups in total. The second-order valence-corrected chi connectivity index (χ2v) is 2.18. The fourth-order valence-electron chi connectivity index (χ4n) is 0.745. The Balaban J connectivity index is 3.04. The Morgan fingerprint density at radius 1 is 1.50 bits per heavy atom. The first-order valence-electron chi connectivity index (χ1n) is 3.00. The summed E-state index contributed by atoms with van der Waals surface area (Å²) in [5.74, 6) is 0. The Labute approximate surface area is 59.4 Å². The van der Waals surface area contributed by atoms with E-state index < -0.39 is 0 Å². The second kappa shape index (κ2) is 2.58. The number of nitrogens with one attached hydrogen (secondary N) is 1. The zero-order valence-electron chi connectivity index (χ0n) is 5.76. The van der Waals surface area contributed by atoms with E-state index >= 15 is 0 Å². The molecule has 0 bridgehead atoms. The Kier molecular flexibility index (Phi) is 1.78. The van der Waals surface area contributed by atoms with E-state index in [1.54, 1.807) is 18.2 Å². The van der Waals surface area contributed by atoms with Crippen LogP contribution in [0.3, 0.4) is 0 Å². The van der Waals surface area contributed by atoms with Crippen LogP contribution in [0.1, 0.15) is 5.56 Å². The molecule has 3 nitrogen and oxygen atoms in total. The van der Waals surface area contributed by atoms with E-state index in [-0.39, 0.29) is 0 Å². The van der Waals surface area contributed by atoms with E-state index in [0.717, 1.165) is 11.3 Å². The second-order valence-electron chi connectivity index (χ2n) is 2.18. The average Bonchev–Trinajstić information content (AvgIpc) is 1.95. The van der Waals surface area contributed by atoms with Crippen molar-refractivity contribution in [3.8, 4) is 0 Å². The van der Waals surface area contributed by atoms with Gasteiger partial charge in [0.05, 0.1) is 5.69 Å². The van der Waals surface area contributed by atoms with Gasteiger partial charge in [-0.1, -0.05) is 0 Å². The summed E-state index contributed by atoms with van der Waals surface area (Å²) in [4.78, 5) is 0. The van der Waals surface area contributed by atoms with Crippen LogP contribution in [-0.2, 0) is 0 Å². The quantitative estimate of drug-likeness (QED) is 0.406. The summed E-state index contributed by atoms with van der Waals surface area (Å²) in [6.07, 6.45) is 0. The van der Waals surface area contributed by atoms with E-state index in [1.165, 1.54) is 0 Å². The molecule has 1 aromatic rings. The fourth-order valence-corrected chi connectivity index (χ4v) is 0.745. The van der Waals surface area contributed by atoms with Gasteiger partial charge in [0.25, 0.3) is 0 Å². The molecule has 0 aliphatic heterocycles. The smallest absolute Gasteiger partial charge is 0.0606 e. The summed E-state index contributed by atoms with van der Waals surface area (Å²) in [7, 11) is 0. The van der Waals surface area contributed by atoms with E-state index in [4.69, 9.17) is 10.9 Å². The maximum Gasteiger partial charge on any atom is 0.0606 e. The third kappa shape index (κ3) is 1.19. The highest BCUT2D eigenvalue weighted by Gasteiger charge is 1.93. The largest absolute Gasteiger partial charge is 0.399 e. The highest BCUT2D eigenvalue weighted by Crippen LogP contribution is 2.15. The molecule has 0 fully saturated rings. The van der Waals surface area contributed by atoms with Gasteiger partial charge >= 0.3 is 0 Å². The van der Waals surface area contributed by atoms with Crippen molar-refractivity contribution in [3.05, 3.63) is 23.8 Å². The normalized spacial score (nSPS) is 9.40. The molecular formula is C7H10N2O. The Hall–Kier alpha value is -1.22. The molecule has 0 spiro atoms. The molecule has 0 saturated heterocycles. The zero-order valence-corrected chi connectivity index (χ0v) is 5.76. The molecule has 0 saturated carbocycles. The molecule has 54 valence electrons. The van der Waals surface area contributed by atoms with Gasteiger partial charge in [-0.25, -0.2) is 0 Å². The van der Waals surface area contributed by atoms with Crippen molar-refractivity contribution in [3.63, 3.8) is 0 Å². The predicted octanol–water partition coefficient (Wildman–Crippen LogP) is 1.38. The zero-order chi connectivity index (χ0) is 7.56. The first kappa shape index (κ1) is 6.89. The molecule has 0 radical (unpaired) electrons. The van der Waals surface area contributed by atoms with Gasteiger partial charge in [0.2, 0.25) is 0 Å². The molecule has 10 heavy (non-hydrogen) atoms. The van der Waals surface area contributed by atoms with E-state index in [2.05, 4.69) is 0 Å². The van der Waals surface area contributed by atoms with Gasteiger partial charge in [-0.2, -0.15) is 0 Å². The Morgan fingerprint density at radius 2 is 2.20 bits per heavy atom. The van der Waals surface area contributed by atoms with Crippen molar-refractivity contribution < 1.29 is 5.21 Å². The maximum atomic E-state index is 8.46. The maximum absolute atomic E-state index is 8.46. The number of benzene rings is 1. The lowest BCUT2D eigenvalue weighted by Crippen LogP contribution is -1.93. The van der Waals surface area contributed by atoms with Gasteiger partial charge in [-0.3, -0.25) is 10.7 Å². The summed E-state index contributed by atoms with van der Waals surface area (Å²) in [5, 5.41) is 8.46. The van der Waals surface area contributed by atoms with Crippen molar-refractivity contribution in [1.82, 2.24) is 0 Å². The standard InChI is InChI=1S/C7H10N2O/c1-5-4-6(9-10)2-3-7(5)8/h2-4,9-10H,8H2,1H3. The van der Waals surface area contributed by atoms with Crippen LogP contribution in [0.5, 0.6) is 0 Å². The minimum absolute atomic E-state index is 0.659. The lowest BCUT2D eigenvalue weighted by Gasteiger charge is -2.01. The van der Waals surface area contributed by atoms with Gasteiger partial charge < -0.3 is 5.73 Å². The van der Waals surface area contributed by atoms with Gasteiger partial charge in [0, 0.05) is 5.69 Å². The minimum Gasteiger partial charge on any atom is -0.399 e. The summed E-state index contributed by atoms with van der Waals surface area (Å²) < 4.78 is 0. The minimum atomic E-state index is 0.659. The van der Waals surface area contributed by atoms with Gasteiger partial charge in [0.15, 0.2) is 0 Å². The van der Waals surface area contributed by atoms with Crippen LogP contribution in [0.15, 0.2) is 18.2 Å². The molecular weight excluding hydrogens is 128 g/mol. The predicted molar refractivity (Wildman–Crippen MR) is 41.0 cm³/mol. The molecule has 1 rings (SSSR count). The van der Waals surface area contributed by atoms with Gasteiger partial charge in [0.1, 0.15) is 0 Å². The number of hydrogen-bond acceptors (Lipinski definition) is 3. The van der Waals surface area contributed by atoms with Crippen LogP contribution in [0, 0.1) is 6.92 Å². The summed E-state index contributed by atoms with van der Waals surface area (Å²) in [6.45, 7) is 1.89. The molecule has 0 heterocycles. The van der Waals surface area contributed by atoms with Crippen LogP contribution in [0.25, 0.3) is 0 Å². The molecule has 0 atom stereocenters. The van der Waals surface area contributed by atoms with E-state index in [1.807, 2.05) is 12.4 Å². The Morgan fingerprint density at radius 3 is 2.70 bits per heavy atom.